The zero-order valence-electron chi connectivity index (χ0n) is 11.2. The monoisotopic (exact) mass is 282 g/mol. The van der Waals surface area contributed by atoms with Crippen LogP contribution in [0, 0.1) is 17.3 Å². The van der Waals surface area contributed by atoms with E-state index in [2.05, 4.69) is 0 Å². The van der Waals surface area contributed by atoms with Crippen molar-refractivity contribution in [2.75, 3.05) is 13.2 Å². The minimum atomic E-state index is -1.08. The van der Waals surface area contributed by atoms with Crippen molar-refractivity contribution in [1.82, 2.24) is 0 Å². The third-order valence-corrected chi connectivity index (χ3v) is 4.97. The molecular formula is C14H18O6-2. The lowest BCUT2D eigenvalue weighted by atomic mass is 9.60. The molecule has 0 aromatic rings. The minimum Gasteiger partial charge on any atom is -0.550 e. The van der Waals surface area contributed by atoms with Crippen molar-refractivity contribution in [3.63, 3.8) is 0 Å². The molecule has 0 aromatic heterocycles. The summed E-state index contributed by atoms with van der Waals surface area (Å²) in [5, 5.41) is 22.8. The third-order valence-electron chi connectivity index (χ3n) is 4.97. The number of hydrogen-bond acceptors (Lipinski definition) is 6. The largest absolute Gasteiger partial charge is 0.550 e. The Kier molecular flexibility index (Phi) is 3.46. The van der Waals surface area contributed by atoms with Crippen LogP contribution < -0.4 is 10.2 Å². The highest BCUT2D eigenvalue weighted by molar-refractivity contribution is 5.74. The average Bonchev–Trinajstić information content (AvgIpc) is 3.25. The van der Waals surface area contributed by atoms with E-state index in [1.807, 2.05) is 0 Å². The van der Waals surface area contributed by atoms with Gasteiger partial charge < -0.3 is 29.3 Å². The summed E-state index contributed by atoms with van der Waals surface area (Å²) in [6.45, 7) is 1.22. The molecule has 6 heteroatoms. The minimum absolute atomic E-state index is 0.0185. The summed E-state index contributed by atoms with van der Waals surface area (Å²) in [6.07, 6.45) is 2.06. The fourth-order valence-corrected chi connectivity index (χ4v) is 3.59. The van der Waals surface area contributed by atoms with E-state index in [1.165, 1.54) is 0 Å². The van der Waals surface area contributed by atoms with Gasteiger partial charge in [-0.25, -0.2) is 0 Å². The van der Waals surface area contributed by atoms with Crippen LogP contribution in [-0.4, -0.2) is 37.4 Å². The molecule has 2 saturated heterocycles. The summed E-state index contributed by atoms with van der Waals surface area (Å²) in [5.74, 6) is -2.95. The first-order chi connectivity index (χ1) is 9.51. The fraction of sp³-hybridized carbons (Fsp3) is 0.857. The zero-order valence-corrected chi connectivity index (χ0v) is 11.2. The predicted octanol–water partition coefficient (Wildman–Crippen LogP) is -1.53. The highest BCUT2D eigenvalue weighted by atomic mass is 16.6. The first-order valence-corrected chi connectivity index (χ1v) is 7.17. The predicted molar refractivity (Wildman–Crippen MR) is 62.0 cm³/mol. The van der Waals surface area contributed by atoms with Gasteiger partial charge in [0.25, 0.3) is 0 Å². The van der Waals surface area contributed by atoms with E-state index in [-0.39, 0.29) is 18.1 Å². The standard InChI is InChI=1S/C14H20O6/c15-12(16)8-1-2-14(13(17)18,5-11-7-20-11)9(3-8)4-10-6-19-10/h8-11H,1-7H2,(H,15,16)(H,17,18)/p-2. The molecule has 6 nitrogen and oxygen atoms in total. The van der Waals surface area contributed by atoms with E-state index in [9.17, 15) is 19.8 Å². The van der Waals surface area contributed by atoms with Crippen LogP contribution in [0.3, 0.4) is 0 Å². The van der Waals surface area contributed by atoms with E-state index >= 15 is 0 Å². The maximum Gasteiger partial charge on any atom is 0.0819 e. The number of hydrogen-bond donors (Lipinski definition) is 0. The van der Waals surface area contributed by atoms with Gasteiger partial charge in [-0.2, -0.15) is 0 Å². The fourth-order valence-electron chi connectivity index (χ4n) is 3.59. The highest BCUT2D eigenvalue weighted by Gasteiger charge is 2.49. The van der Waals surface area contributed by atoms with Gasteiger partial charge in [0.2, 0.25) is 0 Å². The van der Waals surface area contributed by atoms with E-state index in [0.29, 0.717) is 45.3 Å². The van der Waals surface area contributed by atoms with Gasteiger partial charge in [0.05, 0.1) is 25.4 Å². The number of carbonyl (C=O) groups excluding carboxylic acids is 2. The molecule has 0 spiro atoms. The molecule has 2 heterocycles. The first kappa shape index (κ1) is 13.8. The van der Waals surface area contributed by atoms with Crippen molar-refractivity contribution in [3.8, 4) is 0 Å². The molecule has 5 atom stereocenters. The molecule has 1 saturated carbocycles. The molecule has 0 bridgehead atoms. The summed E-state index contributed by atoms with van der Waals surface area (Å²) in [4.78, 5) is 22.8. The zero-order chi connectivity index (χ0) is 14.3. The van der Waals surface area contributed by atoms with Gasteiger partial charge in [-0.1, -0.05) is 0 Å². The van der Waals surface area contributed by atoms with Gasteiger partial charge >= 0.3 is 0 Å². The maximum absolute atomic E-state index is 11.8. The van der Waals surface area contributed by atoms with E-state index < -0.39 is 23.3 Å². The lowest BCUT2D eigenvalue weighted by Crippen LogP contribution is -2.53. The summed E-state index contributed by atoms with van der Waals surface area (Å²) >= 11 is 0. The molecule has 3 aliphatic rings. The Labute approximate surface area is 117 Å². The molecule has 3 rings (SSSR count). The molecule has 20 heavy (non-hydrogen) atoms. The van der Waals surface area contributed by atoms with Crippen LogP contribution in [0.15, 0.2) is 0 Å². The van der Waals surface area contributed by atoms with Gasteiger partial charge in [0.1, 0.15) is 0 Å². The number of epoxide rings is 2. The van der Waals surface area contributed by atoms with Crippen LogP contribution in [0.5, 0.6) is 0 Å². The summed E-state index contributed by atoms with van der Waals surface area (Å²) < 4.78 is 10.4. The molecule has 0 radical (unpaired) electrons. The van der Waals surface area contributed by atoms with Crippen LogP contribution in [0.2, 0.25) is 0 Å². The van der Waals surface area contributed by atoms with Crippen LogP contribution in [0.4, 0.5) is 0 Å². The molecule has 0 amide bonds. The molecule has 112 valence electrons. The van der Waals surface area contributed by atoms with E-state index in [0.717, 1.165) is 0 Å². The number of carbonyl (C=O) groups is 2. The summed E-state index contributed by atoms with van der Waals surface area (Å²) in [5.41, 5.74) is -0.973. The number of carboxylic acids is 2. The lowest BCUT2D eigenvalue weighted by Gasteiger charge is -2.47. The first-order valence-electron chi connectivity index (χ1n) is 7.17. The number of ether oxygens (including phenoxy) is 2. The highest BCUT2D eigenvalue weighted by Crippen LogP contribution is 2.50. The van der Waals surface area contributed by atoms with Gasteiger partial charge in [0.15, 0.2) is 0 Å². The van der Waals surface area contributed by atoms with Crippen molar-refractivity contribution in [1.29, 1.82) is 0 Å². The maximum atomic E-state index is 11.8. The van der Waals surface area contributed by atoms with Gasteiger partial charge in [0, 0.05) is 17.4 Å². The van der Waals surface area contributed by atoms with Crippen LogP contribution in [-0.2, 0) is 19.1 Å². The Morgan fingerprint density at radius 1 is 1.15 bits per heavy atom. The van der Waals surface area contributed by atoms with Crippen molar-refractivity contribution < 1.29 is 29.3 Å². The van der Waals surface area contributed by atoms with Crippen LogP contribution >= 0.6 is 0 Å². The Bertz CT molecular complexity index is 414. The Balaban J connectivity index is 1.80. The van der Waals surface area contributed by atoms with Gasteiger partial charge in [-0.15, -0.1) is 0 Å². The van der Waals surface area contributed by atoms with E-state index in [1.54, 1.807) is 0 Å². The molecule has 2 aliphatic heterocycles. The van der Waals surface area contributed by atoms with Crippen molar-refractivity contribution in [3.05, 3.63) is 0 Å². The van der Waals surface area contributed by atoms with Crippen LogP contribution in [0.25, 0.3) is 0 Å². The third kappa shape index (κ3) is 2.67. The second-order valence-corrected chi connectivity index (χ2v) is 6.28. The van der Waals surface area contributed by atoms with Gasteiger partial charge in [-0.05, 0) is 43.9 Å². The van der Waals surface area contributed by atoms with Crippen LogP contribution in [0.1, 0.15) is 32.1 Å². The molecule has 0 aromatic carbocycles. The Morgan fingerprint density at radius 2 is 1.80 bits per heavy atom. The molecule has 5 unspecified atom stereocenters. The summed E-state index contributed by atoms with van der Waals surface area (Å²) in [7, 11) is 0. The number of rotatable bonds is 6. The molecule has 0 N–H and O–H groups in total. The van der Waals surface area contributed by atoms with Crippen molar-refractivity contribution in [2.24, 2.45) is 17.3 Å². The SMILES string of the molecule is O=C([O-])C1CCC(CC2CO2)(C(=O)[O-])C(CC2CO2)C1. The van der Waals surface area contributed by atoms with Crippen molar-refractivity contribution >= 4 is 11.9 Å². The second kappa shape index (κ2) is 5.00. The molecule has 3 fully saturated rings. The quantitative estimate of drug-likeness (QED) is 0.547. The average molecular weight is 282 g/mol. The van der Waals surface area contributed by atoms with Crippen molar-refractivity contribution in [2.45, 2.75) is 44.3 Å². The smallest absolute Gasteiger partial charge is 0.0819 e. The molecule has 1 aliphatic carbocycles. The number of carboxylic acid groups (broad SMARTS) is 2. The topological polar surface area (TPSA) is 105 Å². The normalized spacial score (nSPS) is 43.0. The van der Waals surface area contributed by atoms with E-state index in [4.69, 9.17) is 9.47 Å². The Morgan fingerprint density at radius 3 is 2.30 bits per heavy atom. The second-order valence-electron chi connectivity index (χ2n) is 6.28. The lowest BCUT2D eigenvalue weighted by molar-refractivity contribution is -0.329. The Hall–Kier alpha value is -1.14. The summed E-state index contributed by atoms with van der Waals surface area (Å²) in [6, 6.07) is 0. The molecular weight excluding hydrogens is 264 g/mol. The number of aliphatic carboxylic acids is 2. The van der Waals surface area contributed by atoms with Gasteiger partial charge in [-0.3, -0.25) is 0 Å².